The highest BCUT2D eigenvalue weighted by atomic mass is 28.4. The lowest BCUT2D eigenvalue weighted by Crippen LogP contribution is -2.64. The van der Waals surface area contributed by atoms with Crippen molar-refractivity contribution in [2.24, 2.45) is 0 Å². The Morgan fingerprint density at radius 1 is 0.679 bits per heavy atom. The molecule has 28 heavy (non-hydrogen) atoms. The second-order valence-electron chi connectivity index (χ2n) is 11.4. The van der Waals surface area contributed by atoms with Crippen molar-refractivity contribution < 1.29 is 27.2 Å². The van der Waals surface area contributed by atoms with E-state index in [1.54, 1.807) is 0 Å². The fourth-order valence-corrected chi connectivity index (χ4v) is 6.68. The third kappa shape index (κ3) is 9.79. The van der Waals surface area contributed by atoms with E-state index in [1.165, 1.54) is 0 Å². The number of rotatable bonds is 9. The highest BCUT2D eigenvalue weighted by Gasteiger charge is 2.52. The molecule has 0 amide bonds. The fourth-order valence-electron chi connectivity index (χ4n) is 2.85. The minimum absolute atomic E-state index is 0.335. The van der Waals surface area contributed by atoms with Gasteiger partial charge in [0.2, 0.25) is 0 Å². The van der Waals surface area contributed by atoms with Crippen LogP contribution in [0.4, 0.5) is 0 Å². The van der Waals surface area contributed by atoms with Gasteiger partial charge in [0.05, 0.1) is 6.61 Å². The molecule has 166 valence electrons. The topological polar surface area (TPSA) is 63.2 Å². The first-order valence-electron chi connectivity index (χ1n) is 10.2. The summed E-state index contributed by atoms with van der Waals surface area (Å²) < 4.78 is 31.2. The minimum Gasteiger partial charge on any atom is -0.455 e. The van der Waals surface area contributed by atoms with Crippen LogP contribution in [0.15, 0.2) is 0 Å². The SMILES string of the molecule is C[Si](C)(C)OC[C@H]1OC(=O)C(O[Si](C)(C)C)C(O[Si](C)(C)C)C1O[Si](C)(C)C. The largest absolute Gasteiger partial charge is 0.455 e. The third-order valence-corrected chi connectivity index (χ3v) is 7.58. The van der Waals surface area contributed by atoms with Gasteiger partial charge >= 0.3 is 5.97 Å². The van der Waals surface area contributed by atoms with Gasteiger partial charge in [0.15, 0.2) is 45.5 Å². The van der Waals surface area contributed by atoms with Crippen molar-refractivity contribution in [3.8, 4) is 0 Å². The van der Waals surface area contributed by atoms with Gasteiger partial charge in [-0.2, -0.15) is 0 Å². The third-order valence-electron chi connectivity index (χ3n) is 3.63. The van der Waals surface area contributed by atoms with Crippen LogP contribution in [-0.2, 0) is 27.2 Å². The van der Waals surface area contributed by atoms with Gasteiger partial charge < -0.3 is 22.4 Å². The maximum absolute atomic E-state index is 12.9. The van der Waals surface area contributed by atoms with Crippen LogP contribution >= 0.6 is 0 Å². The average molecular weight is 467 g/mol. The molecule has 1 aliphatic rings. The van der Waals surface area contributed by atoms with Gasteiger partial charge in [0.25, 0.3) is 0 Å². The Balaban J connectivity index is 3.28. The lowest BCUT2D eigenvalue weighted by Gasteiger charge is -2.47. The number of carbonyl (C=O) groups excluding carboxylic acids is 1. The molecule has 6 nitrogen and oxygen atoms in total. The second-order valence-corrected chi connectivity index (χ2v) is 29.3. The number of hydrogen-bond acceptors (Lipinski definition) is 6. The van der Waals surface area contributed by atoms with Crippen LogP contribution < -0.4 is 0 Å². The molecule has 1 heterocycles. The van der Waals surface area contributed by atoms with Gasteiger partial charge in [-0.15, -0.1) is 0 Å². The molecule has 0 aromatic rings. The fraction of sp³-hybridized carbons (Fsp3) is 0.944. The molecule has 4 atom stereocenters. The van der Waals surface area contributed by atoms with E-state index in [0.717, 1.165) is 0 Å². The molecule has 0 saturated carbocycles. The molecule has 0 aromatic heterocycles. The van der Waals surface area contributed by atoms with Crippen LogP contribution in [-0.4, -0.2) is 70.3 Å². The number of ether oxygens (including phenoxy) is 1. The first-order valence-corrected chi connectivity index (χ1v) is 23.8. The zero-order valence-electron chi connectivity index (χ0n) is 20.0. The summed E-state index contributed by atoms with van der Waals surface area (Å²) in [6, 6.07) is 0. The average Bonchev–Trinajstić information content (AvgIpc) is 2.39. The summed E-state index contributed by atoms with van der Waals surface area (Å²) in [7, 11) is -7.66. The lowest BCUT2D eigenvalue weighted by atomic mass is 10.0. The predicted molar refractivity (Wildman–Crippen MR) is 124 cm³/mol. The molecule has 0 aliphatic carbocycles. The van der Waals surface area contributed by atoms with Crippen molar-refractivity contribution in [3.63, 3.8) is 0 Å². The van der Waals surface area contributed by atoms with E-state index in [9.17, 15) is 4.79 Å². The van der Waals surface area contributed by atoms with Crippen LogP contribution in [0.2, 0.25) is 78.6 Å². The highest BCUT2D eigenvalue weighted by molar-refractivity contribution is 6.71. The van der Waals surface area contributed by atoms with Crippen molar-refractivity contribution >= 4 is 39.2 Å². The summed E-state index contributed by atoms with van der Waals surface area (Å²) in [5.74, 6) is -0.356. The maximum Gasteiger partial charge on any atom is 0.337 e. The van der Waals surface area contributed by atoms with Crippen LogP contribution in [0.1, 0.15) is 0 Å². The smallest absolute Gasteiger partial charge is 0.337 e. The van der Waals surface area contributed by atoms with E-state index in [1.807, 2.05) is 0 Å². The van der Waals surface area contributed by atoms with Crippen molar-refractivity contribution in [3.05, 3.63) is 0 Å². The van der Waals surface area contributed by atoms with Gasteiger partial charge in [0, 0.05) is 0 Å². The van der Waals surface area contributed by atoms with E-state index < -0.39 is 51.6 Å². The Bertz CT molecular complexity index is 530. The van der Waals surface area contributed by atoms with Gasteiger partial charge in [-0.25, -0.2) is 4.79 Å². The molecule has 3 unspecified atom stereocenters. The van der Waals surface area contributed by atoms with Crippen molar-refractivity contribution in [2.45, 2.75) is 103 Å². The van der Waals surface area contributed by atoms with Crippen LogP contribution in [0.25, 0.3) is 0 Å². The first-order chi connectivity index (χ1) is 12.3. The van der Waals surface area contributed by atoms with Crippen LogP contribution in [0.5, 0.6) is 0 Å². The molecule has 10 heteroatoms. The number of hydrogen-bond donors (Lipinski definition) is 0. The first kappa shape index (κ1) is 26.2. The molecule has 0 aromatic carbocycles. The minimum atomic E-state index is -2.00. The second kappa shape index (κ2) is 9.12. The number of cyclic esters (lactones) is 1. The molecule has 1 fully saturated rings. The molecular formula is C18H42O6Si4. The molecule has 0 bridgehead atoms. The van der Waals surface area contributed by atoms with E-state index in [-0.39, 0.29) is 12.1 Å². The molecule has 1 rings (SSSR count). The zero-order chi connectivity index (χ0) is 22.1. The summed E-state index contributed by atoms with van der Waals surface area (Å²) in [6.07, 6.45) is -2.08. The van der Waals surface area contributed by atoms with Gasteiger partial charge in [0.1, 0.15) is 12.2 Å². The Hall–Kier alpha value is 0.178. The molecule has 1 saturated heterocycles. The van der Waals surface area contributed by atoms with E-state index in [0.29, 0.717) is 6.61 Å². The number of carbonyl (C=O) groups is 1. The van der Waals surface area contributed by atoms with E-state index in [2.05, 4.69) is 78.6 Å². The maximum atomic E-state index is 12.9. The van der Waals surface area contributed by atoms with Crippen LogP contribution in [0.3, 0.4) is 0 Å². The van der Waals surface area contributed by atoms with Crippen molar-refractivity contribution in [2.75, 3.05) is 6.61 Å². The molecule has 1 aliphatic heterocycles. The van der Waals surface area contributed by atoms with E-state index in [4.69, 9.17) is 22.4 Å². The summed E-state index contributed by atoms with van der Waals surface area (Å²) in [5, 5.41) is 0. The summed E-state index contributed by atoms with van der Waals surface area (Å²) in [6.45, 7) is 25.7. The van der Waals surface area contributed by atoms with Crippen LogP contribution in [0, 0.1) is 0 Å². The lowest BCUT2D eigenvalue weighted by molar-refractivity contribution is -0.198. The molecule has 0 N–H and O–H groups in total. The summed E-state index contributed by atoms with van der Waals surface area (Å²) in [4.78, 5) is 12.9. The van der Waals surface area contributed by atoms with Crippen molar-refractivity contribution in [1.82, 2.24) is 0 Å². The molecule has 0 radical (unpaired) electrons. The Kier molecular flexibility index (Phi) is 8.54. The Morgan fingerprint density at radius 2 is 1.11 bits per heavy atom. The highest BCUT2D eigenvalue weighted by Crippen LogP contribution is 2.31. The summed E-state index contributed by atoms with van der Waals surface area (Å²) in [5.41, 5.74) is 0. The molecular weight excluding hydrogens is 425 g/mol. The van der Waals surface area contributed by atoms with Gasteiger partial charge in [-0.1, -0.05) is 0 Å². The zero-order valence-corrected chi connectivity index (χ0v) is 24.0. The predicted octanol–water partition coefficient (Wildman–Crippen LogP) is 4.42. The standard InChI is InChI=1S/C18H42O6Si4/c1-25(2,3)20-13-14-15(22-26(4,5)6)16(23-27(7,8)9)17(18(19)21-14)24-28(10,11)12/h14-17H,13H2,1-12H3/t14-,15?,16?,17?/m1/s1. The van der Waals surface area contributed by atoms with Gasteiger partial charge in [-0.3, -0.25) is 0 Å². The van der Waals surface area contributed by atoms with E-state index >= 15 is 0 Å². The monoisotopic (exact) mass is 466 g/mol. The number of esters is 1. The summed E-state index contributed by atoms with van der Waals surface area (Å²) >= 11 is 0. The Labute approximate surface area is 176 Å². The van der Waals surface area contributed by atoms with Crippen molar-refractivity contribution in [1.29, 1.82) is 0 Å². The normalized spacial score (nSPS) is 27.6. The Morgan fingerprint density at radius 3 is 1.50 bits per heavy atom. The molecule has 0 spiro atoms. The quantitative estimate of drug-likeness (QED) is 0.370. The van der Waals surface area contributed by atoms with Gasteiger partial charge in [-0.05, 0) is 78.6 Å².